The van der Waals surface area contributed by atoms with Gasteiger partial charge in [-0.2, -0.15) is 5.10 Å². The second-order valence-corrected chi connectivity index (χ2v) is 6.02. The standard InChI is InChI=1S/C20H18N4O4/c1-14-5-7-16(8-6-14)21-13-20(25)23-22-12-18-9-10-19(28-18)15-3-2-4-17(11-15)24(26)27/h2-12,21H,13H2,1H3,(H,23,25). The van der Waals surface area contributed by atoms with E-state index in [1.165, 1.54) is 18.3 Å². The van der Waals surface area contributed by atoms with E-state index in [9.17, 15) is 14.9 Å². The van der Waals surface area contributed by atoms with Crippen LogP contribution in [0.15, 0.2) is 70.2 Å². The maximum atomic E-state index is 11.8. The molecule has 0 radical (unpaired) electrons. The van der Waals surface area contributed by atoms with E-state index in [1.54, 1.807) is 24.3 Å². The number of aryl methyl sites for hydroxylation is 1. The van der Waals surface area contributed by atoms with Crippen LogP contribution < -0.4 is 10.7 Å². The lowest BCUT2D eigenvalue weighted by Crippen LogP contribution is -2.25. The Labute approximate surface area is 161 Å². The van der Waals surface area contributed by atoms with E-state index in [0.717, 1.165) is 11.3 Å². The van der Waals surface area contributed by atoms with Gasteiger partial charge in [-0.15, -0.1) is 0 Å². The summed E-state index contributed by atoms with van der Waals surface area (Å²) in [6.45, 7) is 2.07. The number of anilines is 1. The Morgan fingerprint density at radius 2 is 1.96 bits per heavy atom. The Hall–Kier alpha value is -3.94. The second kappa shape index (κ2) is 8.63. The van der Waals surface area contributed by atoms with Crippen molar-refractivity contribution in [2.24, 2.45) is 5.10 Å². The van der Waals surface area contributed by atoms with Gasteiger partial charge in [0.2, 0.25) is 0 Å². The van der Waals surface area contributed by atoms with E-state index in [4.69, 9.17) is 4.42 Å². The van der Waals surface area contributed by atoms with Crippen LogP contribution in [0.3, 0.4) is 0 Å². The summed E-state index contributed by atoms with van der Waals surface area (Å²) in [6, 6.07) is 17.2. The van der Waals surface area contributed by atoms with Crippen molar-refractivity contribution in [3.63, 3.8) is 0 Å². The molecule has 1 amide bonds. The van der Waals surface area contributed by atoms with Crippen LogP contribution in [0.25, 0.3) is 11.3 Å². The van der Waals surface area contributed by atoms with Gasteiger partial charge < -0.3 is 9.73 Å². The third-order valence-electron chi connectivity index (χ3n) is 3.85. The molecule has 0 fully saturated rings. The lowest BCUT2D eigenvalue weighted by molar-refractivity contribution is -0.384. The van der Waals surface area contributed by atoms with E-state index in [2.05, 4.69) is 15.8 Å². The van der Waals surface area contributed by atoms with Crippen LogP contribution in [0.1, 0.15) is 11.3 Å². The molecular weight excluding hydrogens is 360 g/mol. The Bertz CT molecular complexity index is 1010. The van der Waals surface area contributed by atoms with Crippen molar-refractivity contribution in [1.82, 2.24) is 5.43 Å². The first kappa shape index (κ1) is 18.8. The lowest BCUT2D eigenvalue weighted by atomic mass is 10.1. The number of rotatable bonds is 7. The Morgan fingerprint density at radius 1 is 1.18 bits per heavy atom. The smallest absolute Gasteiger partial charge is 0.270 e. The molecular formula is C20H18N4O4. The first-order valence-electron chi connectivity index (χ1n) is 8.48. The average molecular weight is 378 g/mol. The SMILES string of the molecule is Cc1ccc(NCC(=O)NN=Cc2ccc(-c3cccc([N+](=O)[O-])c3)o2)cc1. The third kappa shape index (κ3) is 5.04. The average Bonchev–Trinajstić information content (AvgIpc) is 3.16. The number of amides is 1. The summed E-state index contributed by atoms with van der Waals surface area (Å²) in [5.41, 5.74) is 4.96. The van der Waals surface area contributed by atoms with Crippen LogP contribution in [0.4, 0.5) is 11.4 Å². The van der Waals surface area contributed by atoms with Gasteiger partial charge in [0.05, 0.1) is 17.7 Å². The molecule has 0 unspecified atom stereocenters. The summed E-state index contributed by atoms with van der Waals surface area (Å²) in [5.74, 6) is 0.577. The number of nitrogens with one attached hydrogen (secondary N) is 2. The first-order chi connectivity index (χ1) is 13.5. The van der Waals surface area contributed by atoms with Gasteiger partial charge in [0.15, 0.2) is 0 Å². The van der Waals surface area contributed by atoms with Crippen LogP contribution in [0.5, 0.6) is 0 Å². The molecule has 0 aliphatic carbocycles. The van der Waals surface area contributed by atoms with Crippen molar-refractivity contribution < 1.29 is 14.1 Å². The highest BCUT2D eigenvalue weighted by atomic mass is 16.6. The fraction of sp³-hybridized carbons (Fsp3) is 0.100. The van der Waals surface area contributed by atoms with Gasteiger partial charge >= 0.3 is 0 Å². The number of non-ortho nitro benzene ring substituents is 1. The monoisotopic (exact) mass is 378 g/mol. The van der Waals surface area contributed by atoms with Crippen molar-refractivity contribution in [2.75, 3.05) is 11.9 Å². The number of benzene rings is 2. The lowest BCUT2D eigenvalue weighted by Gasteiger charge is -2.05. The van der Waals surface area contributed by atoms with E-state index >= 15 is 0 Å². The zero-order valence-corrected chi connectivity index (χ0v) is 15.1. The predicted molar refractivity (Wildman–Crippen MR) is 106 cm³/mol. The Morgan fingerprint density at radius 3 is 2.71 bits per heavy atom. The molecule has 1 aromatic heterocycles. The highest BCUT2D eigenvalue weighted by Gasteiger charge is 2.09. The molecule has 142 valence electrons. The van der Waals surface area contributed by atoms with Crippen LogP contribution in [0.2, 0.25) is 0 Å². The van der Waals surface area contributed by atoms with Crippen molar-refractivity contribution >= 4 is 23.5 Å². The molecule has 3 rings (SSSR count). The molecule has 1 heterocycles. The van der Waals surface area contributed by atoms with Gasteiger partial charge in [0.1, 0.15) is 11.5 Å². The summed E-state index contributed by atoms with van der Waals surface area (Å²) < 4.78 is 5.59. The number of hydrazone groups is 1. The summed E-state index contributed by atoms with van der Waals surface area (Å²) in [6.07, 6.45) is 1.37. The highest BCUT2D eigenvalue weighted by Crippen LogP contribution is 2.25. The normalized spacial score (nSPS) is 10.8. The Kier molecular flexibility index (Phi) is 5.81. The van der Waals surface area contributed by atoms with Crippen molar-refractivity contribution in [3.05, 3.63) is 82.1 Å². The van der Waals surface area contributed by atoms with E-state index in [0.29, 0.717) is 17.1 Å². The van der Waals surface area contributed by atoms with Crippen LogP contribution in [-0.4, -0.2) is 23.6 Å². The molecule has 8 heteroatoms. The fourth-order valence-corrected chi connectivity index (χ4v) is 2.41. The molecule has 0 bridgehead atoms. The molecule has 2 aromatic carbocycles. The van der Waals surface area contributed by atoms with Gasteiger partial charge in [0, 0.05) is 23.4 Å². The minimum Gasteiger partial charge on any atom is -0.455 e. The second-order valence-electron chi connectivity index (χ2n) is 6.02. The Balaban J connectivity index is 1.53. The zero-order valence-electron chi connectivity index (χ0n) is 15.1. The summed E-state index contributed by atoms with van der Waals surface area (Å²) in [5, 5.41) is 17.7. The topological polar surface area (TPSA) is 110 Å². The van der Waals surface area contributed by atoms with Gasteiger partial charge in [-0.25, -0.2) is 5.43 Å². The number of hydrogen-bond donors (Lipinski definition) is 2. The predicted octanol–water partition coefficient (Wildman–Crippen LogP) is 3.73. The molecule has 2 N–H and O–H groups in total. The number of nitro benzene ring substituents is 1. The van der Waals surface area contributed by atoms with Crippen LogP contribution in [-0.2, 0) is 4.79 Å². The minimum atomic E-state index is -0.463. The molecule has 8 nitrogen and oxygen atoms in total. The largest absolute Gasteiger partial charge is 0.455 e. The molecule has 3 aromatic rings. The fourth-order valence-electron chi connectivity index (χ4n) is 2.41. The molecule has 0 saturated carbocycles. The molecule has 0 saturated heterocycles. The summed E-state index contributed by atoms with van der Waals surface area (Å²) >= 11 is 0. The van der Waals surface area contributed by atoms with Gasteiger partial charge in [-0.05, 0) is 31.2 Å². The minimum absolute atomic E-state index is 0.0162. The van der Waals surface area contributed by atoms with Gasteiger partial charge in [-0.3, -0.25) is 14.9 Å². The third-order valence-corrected chi connectivity index (χ3v) is 3.85. The van der Waals surface area contributed by atoms with Crippen molar-refractivity contribution in [3.8, 4) is 11.3 Å². The maximum Gasteiger partial charge on any atom is 0.270 e. The number of furan rings is 1. The number of carbonyl (C=O) groups excluding carboxylic acids is 1. The van der Waals surface area contributed by atoms with E-state index in [-0.39, 0.29) is 18.1 Å². The maximum absolute atomic E-state index is 11.8. The molecule has 0 spiro atoms. The van der Waals surface area contributed by atoms with Crippen LogP contribution >= 0.6 is 0 Å². The molecule has 0 aliphatic heterocycles. The summed E-state index contributed by atoms with van der Waals surface area (Å²) in [7, 11) is 0. The van der Waals surface area contributed by atoms with Gasteiger partial charge in [0.25, 0.3) is 11.6 Å². The van der Waals surface area contributed by atoms with Crippen molar-refractivity contribution in [2.45, 2.75) is 6.92 Å². The molecule has 28 heavy (non-hydrogen) atoms. The van der Waals surface area contributed by atoms with Crippen LogP contribution in [0, 0.1) is 17.0 Å². The first-order valence-corrected chi connectivity index (χ1v) is 8.48. The highest BCUT2D eigenvalue weighted by molar-refractivity contribution is 5.83. The van der Waals surface area contributed by atoms with Crippen molar-refractivity contribution in [1.29, 1.82) is 0 Å². The van der Waals surface area contributed by atoms with E-state index in [1.807, 2.05) is 31.2 Å². The number of carbonyl (C=O) groups is 1. The number of hydrogen-bond acceptors (Lipinski definition) is 6. The number of nitro groups is 1. The molecule has 0 atom stereocenters. The summed E-state index contributed by atoms with van der Waals surface area (Å²) in [4.78, 5) is 22.2. The van der Waals surface area contributed by atoms with E-state index < -0.39 is 4.92 Å². The number of nitrogens with zero attached hydrogens (tertiary/aromatic N) is 2. The van der Waals surface area contributed by atoms with Gasteiger partial charge in [-0.1, -0.05) is 29.8 Å². The quantitative estimate of drug-likeness (QED) is 0.370. The zero-order chi connectivity index (χ0) is 19.9. The molecule has 0 aliphatic rings.